The zero-order chi connectivity index (χ0) is 14.6. The third kappa shape index (κ3) is 4.13. The highest BCUT2D eigenvalue weighted by molar-refractivity contribution is 5.91. The van der Waals surface area contributed by atoms with Gasteiger partial charge in [0, 0.05) is 12.5 Å². The predicted molar refractivity (Wildman–Crippen MR) is 72.6 cm³/mol. The van der Waals surface area contributed by atoms with E-state index in [1.54, 1.807) is 39.8 Å². The predicted octanol–water partition coefficient (Wildman–Crippen LogP) is 3.14. The number of hydrogen-bond acceptors (Lipinski definition) is 5. The smallest absolute Gasteiger partial charge is 0.338 e. The summed E-state index contributed by atoms with van der Waals surface area (Å²) in [6.45, 7) is 7.00. The maximum Gasteiger partial charge on any atom is 0.338 e. The van der Waals surface area contributed by atoms with Crippen LogP contribution in [0.2, 0.25) is 0 Å². The maximum atomic E-state index is 11.9. The van der Waals surface area contributed by atoms with Crippen LogP contribution >= 0.6 is 0 Å². The fraction of sp³-hybridized carbons (Fsp3) is 0.500. The second-order valence-electron chi connectivity index (χ2n) is 5.45. The third-order valence-corrected chi connectivity index (χ3v) is 2.57. The average molecular weight is 265 g/mol. The zero-order valence-corrected chi connectivity index (χ0v) is 11.6. The number of esters is 1. The van der Waals surface area contributed by atoms with Gasteiger partial charge in [0.2, 0.25) is 0 Å². The molecule has 0 spiro atoms. The average Bonchev–Trinajstić information content (AvgIpc) is 2.35. The number of rotatable bonds is 4. The van der Waals surface area contributed by atoms with Crippen LogP contribution < -0.4 is 0 Å². The van der Waals surface area contributed by atoms with E-state index in [9.17, 15) is 9.70 Å². The van der Waals surface area contributed by atoms with E-state index >= 15 is 0 Å². The monoisotopic (exact) mass is 265 g/mol. The van der Waals surface area contributed by atoms with E-state index in [0.717, 1.165) is 0 Å². The lowest BCUT2D eigenvalue weighted by Crippen LogP contribution is -2.23. The van der Waals surface area contributed by atoms with Crippen LogP contribution in [0.1, 0.15) is 49.5 Å². The number of carbonyl (C=O) groups excluding carboxylic acids is 1. The van der Waals surface area contributed by atoms with Gasteiger partial charge in [0.05, 0.1) is 5.56 Å². The summed E-state index contributed by atoms with van der Waals surface area (Å²) in [6, 6.07) is 4.59. The van der Waals surface area contributed by atoms with Crippen molar-refractivity contribution < 1.29 is 14.6 Å². The van der Waals surface area contributed by atoms with Gasteiger partial charge in [0.15, 0.2) is 0 Å². The van der Waals surface area contributed by atoms with Crippen LogP contribution in [0.5, 0.6) is 0 Å². The molecule has 0 saturated carbocycles. The molecule has 0 fully saturated rings. The second-order valence-corrected chi connectivity index (χ2v) is 5.45. The molecule has 0 saturated heterocycles. The van der Waals surface area contributed by atoms with Gasteiger partial charge in [-0.1, -0.05) is 13.0 Å². The Bertz CT molecular complexity index is 477. The first-order valence-electron chi connectivity index (χ1n) is 6.10. The first-order chi connectivity index (χ1) is 8.78. The standard InChI is InChI=1S/C14H19NO4/c1-9(8-16)11-6-5-10(7-12(11)15-18)13(17)19-14(2,3)4/h5-7,9,16H,8H2,1-4H3. The minimum atomic E-state index is -0.594. The number of ether oxygens (including phenoxy) is 1. The Kier molecular flexibility index (Phi) is 4.78. The van der Waals surface area contributed by atoms with E-state index in [1.807, 2.05) is 0 Å². The fourth-order valence-corrected chi connectivity index (χ4v) is 1.60. The van der Waals surface area contributed by atoms with Gasteiger partial charge in [-0.25, -0.2) is 4.79 Å². The lowest BCUT2D eigenvalue weighted by molar-refractivity contribution is 0.00695. The molecule has 0 heterocycles. The topological polar surface area (TPSA) is 76.0 Å². The van der Waals surface area contributed by atoms with Crippen molar-refractivity contribution in [1.29, 1.82) is 0 Å². The Hall–Kier alpha value is -1.75. The van der Waals surface area contributed by atoms with Crippen molar-refractivity contribution in [1.82, 2.24) is 0 Å². The van der Waals surface area contributed by atoms with E-state index in [0.29, 0.717) is 5.56 Å². The molecular formula is C14H19NO4. The molecule has 1 rings (SSSR count). The maximum absolute atomic E-state index is 11.9. The highest BCUT2D eigenvalue weighted by Gasteiger charge is 2.20. The molecule has 19 heavy (non-hydrogen) atoms. The van der Waals surface area contributed by atoms with Crippen LogP contribution in [0.25, 0.3) is 0 Å². The Morgan fingerprint density at radius 2 is 2.05 bits per heavy atom. The van der Waals surface area contributed by atoms with Crippen molar-refractivity contribution in [2.24, 2.45) is 5.18 Å². The Balaban J connectivity index is 3.07. The Labute approximate surface area is 112 Å². The zero-order valence-electron chi connectivity index (χ0n) is 11.6. The normalized spacial score (nSPS) is 12.9. The minimum absolute atomic E-state index is 0.0890. The molecule has 0 aliphatic heterocycles. The van der Waals surface area contributed by atoms with Gasteiger partial charge in [0.1, 0.15) is 11.3 Å². The number of nitrogens with zero attached hydrogens (tertiary/aromatic N) is 1. The summed E-state index contributed by atoms with van der Waals surface area (Å²) in [7, 11) is 0. The van der Waals surface area contributed by atoms with Gasteiger partial charge >= 0.3 is 5.97 Å². The van der Waals surface area contributed by atoms with Gasteiger partial charge < -0.3 is 9.84 Å². The van der Waals surface area contributed by atoms with Crippen LogP contribution in [-0.4, -0.2) is 23.3 Å². The molecule has 0 aliphatic rings. The van der Waals surface area contributed by atoms with Crippen molar-refractivity contribution in [2.75, 3.05) is 6.61 Å². The van der Waals surface area contributed by atoms with Crippen molar-refractivity contribution in [3.05, 3.63) is 34.2 Å². The lowest BCUT2D eigenvalue weighted by Gasteiger charge is -2.20. The molecule has 0 bridgehead atoms. The number of aliphatic hydroxyl groups excluding tert-OH is 1. The van der Waals surface area contributed by atoms with Crippen molar-refractivity contribution in [2.45, 2.75) is 39.2 Å². The van der Waals surface area contributed by atoms with Crippen LogP contribution in [0.3, 0.4) is 0 Å². The summed E-state index contributed by atoms with van der Waals surface area (Å²) in [6.07, 6.45) is 0. The van der Waals surface area contributed by atoms with E-state index in [4.69, 9.17) is 9.84 Å². The molecule has 5 nitrogen and oxygen atoms in total. The lowest BCUT2D eigenvalue weighted by atomic mass is 9.98. The van der Waals surface area contributed by atoms with E-state index < -0.39 is 11.6 Å². The van der Waals surface area contributed by atoms with Crippen molar-refractivity contribution in [3.63, 3.8) is 0 Å². The van der Waals surface area contributed by atoms with E-state index in [-0.39, 0.29) is 23.8 Å². The molecule has 1 N–H and O–H groups in total. The summed E-state index contributed by atoms with van der Waals surface area (Å²) in [5.74, 6) is -0.707. The highest BCUT2D eigenvalue weighted by Crippen LogP contribution is 2.28. The Morgan fingerprint density at radius 1 is 1.42 bits per heavy atom. The number of benzene rings is 1. The molecule has 0 aliphatic carbocycles. The summed E-state index contributed by atoms with van der Waals surface area (Å²) in [5, 5.41) is 12.0. The van der Waals surface area contributed by atoms with Crippen LogP contribution in [0, 0.1) is 4.91 Å². The first-order valence-corrected chi connectivity index (χ1v) is 6.10. The molecule has 1 aromatic carbocycles. The second kappa shape index (κ2) is 5.93. The SMILES string of the molecule is CC(CO)c1ccc(C(=O)OC(C)(C)C)cc1N=O. The number of aliphatic hydroxyl groups is 1. The van der Waals surface area contributed by atoms with Crippen LogP contribution in [-0.2, 0) is 4.74 Å². The summed E-state index contributed by atoms with van der Waals surface area (Å²) in [4.78, 5) is 22.7. The number of carbonyl (C=O) groups is 1. The largest absolute Gasteiger partial charge is 0.456 e. The molecule has 0 aromatic heterocycles. The highest BCUT2D eigenvalue weighted by atomic mass is 16.6. The molecule has 1 aromatic rings. The van der Waals surface area contributed by atoms with Gasteiger partial charge in [0.25, 0.3) is 0 Å². The number of hydrogen-bond donors (Lipinski definition) is 1. The molecule has 1 atom stereocenters. The van der Waals surface area contributed by atoms with Crippen molar-refractivity contribution >= 4 is 11.7 Å². The summed E-state index contributed by atoms with van der Waals surface area (Å²) in [5.41, 5.74) is 0.455. The molecule has 5 heteroatoms. The minimum Gasteiger partial charge on any atom is -0.456 e. The van der Waals surface area contributed by atoms with Gasteiger partial charge in [-0.05, 0) is 43.6 Å². The molecule has 0 radical (unpaired) electrons. The quantitative estimate of drug-likeness (QED) is 0.670. The van der Waals surface area contributed by atoms with Crippen molar-refractivity contribution in [3.8, 4) is 0 Å². The fourth-order valence-electron chi connectivity index (χ4n) is 1.60. The van der Waals surface area contributed by atoms with Gasteiger partial charge in [-0.15, -0.1) is 4.91 Å². The van der Waals surface area contributed by atoms with Gasteiger partial charge in [-0.2, -0.15) is 0 Å². The first kappa shape index (κ1) is 15.3. The molecule has 1 unspecified atom stereocenters. The van der Waals surface area contributed by atoms with E-state index in [2.05, 4.69) is 5.18 Å². The summed E-state index contributed by atoms with van der Waals surface area (Å²) < 4.78 is 5.22. The third-order valence-electron chi connectivity index (χ3n) is 2.57. The van der Waals surface area contributed by atoms with Gasteiger partial charge in [-0.3, -0.25) is 0 Å². The van der Waals surface area contributed by atoms with Crippen LogP contribution in [0.4, 0.5) is 5.69 Å². The van der Waals surface area contributed by atoms with E-state index in [1.165, 1.54) is 6.07 Å². The van der Waals surface area contributed by atoms with Crippen LogP contribution in [0.15, 0.2) is 23.4 Å². The molecule has 104 valence electrons. The number of nitroso groups, excluding NO2 is 1. The molecular weight excluding hydrogens is 246 g/mol. The Morgan fingerprint density at radius 3 is 2.53 bits per heavy atom. The summed E-state index contributed by atoms with van der Waals surface area (Å²) >= 11 is 0. The molecule has 0 amide bonds.